The van der Waals surface area contributed by atoms with Crippen molar-refractivity contribution in [3.63, 3.8) is 0 Å². The van der Waals surface area contributed by atoms with Gasteiger partial charge in [-0.15, -0.1) is 0 Å². The van der Waals surface area contributed by atoms with Gasteiger partial charge in [-0.05, 0) is 31.4 Å². The predicted octanol–water partition coefficient (Wildman–Crippen LogP) is 2.12. The molecule has 0 aliphatic rings. The van der Waals surface area contributed by atoms with Gasteiger partial charge in [0, 0.05) is 0 Å². The quantitative estimate of drug-likeness (QED) is 0.611. The summed E-state index contributed by atoms with van der Waals surface area (Å²) in [6.45, 7) is 0.967. The normalized spacial score (nSPS) is 13.2. The zero-order valence-electron chi connectivity index (χ0n) is 12.4. The van der Waals surface area contributed by atoms with Crippen molar-refractivity contribution >= 4 is 10.0 Å². The van der Waals surface area contributed by atoms with Crippen LogP contribution in [0.15, 0.2) is 30.3 Å². The van der Waals surface area contributed by atoms with E-state index in [4.69, 9.17) is 15.6 Å². The first kappa shape index (κ1) is 18.1. The lowest BCUT2D eigenvalue weighted by Crippen LogP contribution is -2.31. The molecule has 5 nitrogen and oxygen atoms in total. The summed E-state index contributed by atoms with van der Waals surface area (Å²) in [7, 11) is -3.67. The van der Waals surface area contributed by atoms with Crippen LogP contribution >= 0.6 is 0 Å². The molecule has 1 atom stereocenters. The smallest absolute Gasteiger partial charge is 0.236 e. The van der Waals surface area contributed by atoms with E-state index >= 15 is 0 Å². The molecule has 0 aliphatic carbocycles. The minimum absolute atomic E-state index is 0.259. The largest absolute Gasteiger partial charge is 0.356 e. The lowest BCUT2D eigenvalue weighted by molar-refractivity contribution is 0.0847. The van der Waals surface area contributed by atoms with Gasteiger partial charge in [0.05, 0.1) is 6.61 Å². The highest BCUT2D eigenvalue weighted by molar-refractivity contribution is 7.89. The highest BCUT2D eigenvalue weighted by Crippen LogP contribution is 2.14. The van der Waals surface area contributed by atoms with Gasteiger partial charge in [-0.3, -0.25) is 0 Å². The summed E-state index contributed by atoms with van der Waals surface area (Å²) in [5.74, 6) is 0. The number of rotatable bonds is 11. The van der Waals surface area contributed by atoms with E-state index < -0.39 is 15.5 Å². The Hall–Kier alpha value is -0.950. The van der Waals surface area contributed by atoms with Crippen LogP contribution in [-0.4, -0.2) is 20.4 Å². The van der Waals surface area contributed by atoms with Crippen molar-refractivity contribution in [3.05, 3.63) is 35.9 Å². The Labute approximate surface area is 127 Å². The summed E-state index contributed by atoms with van der Waals surface area (Å²) in [5, 5.41) is 5.24. The summed E-state index contributed by atoms with van der Waals surface area (Å²) >= 11 is 0. The topological polar surface area (TPSA) is 95.4 Å². The third-order valence-corrected chi connectivity index (χ3v) is 4.39. The first-order valence-electron chi connectivity index (χ1n) is 7.41. The fourth-order valence-corrected chi connectivity index (χ4v) is 2.84. The van der Waals surface area contributed by atoms with E-state index in [1.807, 2.05) is 30.3 Å². The minimum Gasteiger partial charge on any atom is -0.356 e. The zero-order valence-corrected chi connectivity index (χ0v) is 13.2. The van der Waals surface area contributed by atoms with Crippen molar-refractivity contribution in [3.8, 4) is 0 Å². The van der Waals surface area contributed by atoms with Crippen LogP contribution in [0.5, 0.6) is 0 Å². The lowest BCUT2D eigenvalue weighted by Gasteiger charge is -2.16. The van der Waals surface area contributed by atoms with Gasteiger partial charge in [0.25, 0.3) is 0 Å². The molecule has 0 saturated heterocycles. The standard InChI is InChI=1S/C15H26N2O3S/c16-12-8-3-1-2-7-11-15(21(17,18)19)20-13-14-9-5-4-6-10-14/h4-6,9-10,15H,1-3,7-8,11-13,16H2,(H2,17,18,19). The van der Waals surface area contributed by atoms with Gasteiger partial charge in [0.15, 0.2) is 5.44 Å². The second-order valence-corrected chi connectivity index (χ2v) is 6.86. The molecule has 1 rings (SSSR count). The molecule has 0 saturated carbocycles. The van der Waals surface area contributed by atoms with Crippen molar-refractivity contribution in [1.29, 1.82) is 0 Å². The van der Waals surface area contributed by atoms with Gasteiger partial charge < -0.3 is 10.5 Å². The Balaban J connectivity index is 2.35. The van der Waals surface area contributed by atoms with Gasteiger partial charge in [0.1, 0.15) is 0 Å². The molecule has 1 unspecified atom stereocenters. The monoisotopic (exact) mass is 314 g/mol. The third kappa shape index (κ3) is 8.16. The molecule has 0 fully saturated rings. The Morgan fingerprint density at radius 3 is 2.24 bits per heavy atom. The molecule has 120 valence electrons. The van der Waals surface area contributed by atoms with Gasteiger partial charge >= 0.3 is 0 Å². The summed E-state index contributed by atoms with van der Waals surface area (Å²) in [4.78, 5) is 0. The van der Waals surface area contributed by atoms with Gasteiger partial charge in [-0.25, -0.2) is 13.6 Å². The molecular formula is C15H26N2O3S. The van der Waals surface area contributed by atoms with Crippen molar-refractivity contribution in [2.24, 2.45) is 10.9 Å². The van der Waals surface area contributed by atoms with Crippen LogP contribution in [-0.2, 0) is 21.4 Å². The Bertz CT molecular complexity index is 477. The average Bonchev–Trinajstić information content (AvgIpc) is 2.45. The zero-order chi connectivity index (χ0) is 15.6. The first-order valence-corrected chi connectivity index (χ1v) is 9.02. The second-order valence-electron chi connectivity index (χ2n) is 5.16. The maximum Gasteiger partial charge on any atom is 0.236 e. The molecule has 0 spiro atoms. The van der Waals surface area contributed by atoms with Crippen molar-refractivity contribution in [1.82, 2.24) is 0 Å². The molecule has 0 heterocycles. The summed E-state index contributed by atoms with van der Waals surface area (Å²) < 4.78 is 28.6. The maximum absolute atomic E-state index is 11.6. The number of unbranched alkanes of at least 4 members (excludes halogenated alkanes) is 4. The lowest BCUT2D eigenvalue weighted by atomic mass is 10.1. The number of hydrogen-bond donors (Lipinski definition) is 2. The third-order valence-electron chi connectivity index (χ3n) is 3.29. The Morgan fingerprint density at radius 1 is 1.00 bits per heavy atom. The van der Waals surface area contributed by atoms with E-state index in [0.717, 1.165) is 37.7 Å². The molecule has 6 heteroatoms. The van der Waals surface area contributed by atoms with Crippen LogP contribution in [0.2, 0.25) is 0 Å². The van der Waals surface area contributed by atoms with Crippen LogP contribution in [0.3, 0.4) is 0 Å². The molecular weight excluding hydrogens is 288 g/mol. The number of hydrogen-bond acceptors (Lipinski definition) is 4. The molecule has 21 heavy (non-hydrogen) atoms. The number of nitrogens with two attached hydrogens (primary N) is 2. The molecule has 4 N–H and O–H groups in total. The highest BCUT2D eigenvalue weighted by atomic mass is 32.2. The number of primary sulfonamides is 1. The van der Waals surface area contributed by atoms with Crippen LogP contribution in [0.25, 0.3) is 0 Å². The van der Waals surface area contributed by atoms with E-state index in [0.29, 0.717) is 13.0 Å². The fraction of sp³-hybridized carbons (Fsp3) is 0.600. The Kier molecular flexibility index (Phi) is 8.52. The maximum atomic E-state index is 11.6. The van der Waals surface area contributed by atoms with E-state index in [9.17, 15) is 8.42 Å². The average molecular weight is 314 g/mol. The van der Waals surface area contributed by atoms with Crippen LogP contribution < -0.4 is 10.9 Å². The molecule has 1 aromatic carbocycles. The summed E-state index contributed by atoms with van der Waals surface area (Å²) in [6.07, 6.45) is 5.37. The highest BCUT2D eigenvalue weighted by Gasteiger charge is 2.21. The van der Waals surface area contributed by atoms with E-state index in [1.54, 1.807) is 0 Å². The molecule has 0 aliphatic heterocycles. The van der Waals surface area contributed by atoms with Gasteiger partial charge in [-0.2, -0.15) is 0 Å². The van der Waals surface area contributed by atoms with Crippen LogP contribution in [0.4, 0.5) is 0 Å². The fourth-order valence-electron chi connectivity index (χ4n) is 2.09. The number of sulfonamides is 1. The number of ether oxygens (including phenoxy) is 1. The Morgan fingerprint density at radius 2 is 1.62 bits per heavy atom. The van der Waals surface area contributed by atoms with E-state index in [2.05, 4.69) is 0 Å². The van der Waals surface area contributed by atoms with Crippen molar-refractivity contribution < 1.29 is 13.2 Å². The minimum atomic E-state index is -3.67. The van der Waals surface area contributed by atoms with Gasteiger partial charge in [0.2, 0.25) is 10.0 Å². The SMILES string of the molecule is NCCCCCCCC(OCc1ccccc1)S(N)(=O)=O. The van der Waals surface area contributed by atoms with Crippen LogP contribution in [0, 0.1) is 0 Å². The summed E-state index contributed by atoms with van der Waals surface area (Å²) in [6, 6.07) is 9.48. The predicted molar refractivity (Wildman–Crippen MR) is 84.9 cm³/mol. The van der Waals surface area contributed by atoms with Gasteiger partial charge in [-0.1, -0.05) is 49.6 Å². The van der Waals surface area contributed by atoms with E-state index in [-0.39, 0.29) is 6.61 Å². The first-order chi connectivity index (χ1) is 10.0. The molecule has 0 aromatic heterocycles. The summed E-state index contributed by atoms with van der Waals surface area (Å²) in [5.41, 5.74) is 5.44. The molecule has 0 amide bonds. The molecule has 1 aromatic rings. The van der Waals surface area contributed by atoms with Crippen LogP contribution in [0.1, 0.15) is 44.1 Å². The molecule has 0 radical (unpaired) electrons. The van der Waals surface area contributed by atoms with Crippen molar-refractivity contribution in [2.75, 3.05) is 6.54 Å². The van der Waals surface area contributed by atoms with E-state index in [1.165, 1.54) is 0 Å². The second kappa shape index (κ2) is 9.89. The van der Waals surface area contributed by atoms with Crippen molar-refractivity contribution in [2.45, 2.75) is 50.6 Å². The molecule has 0 bridgehead atoms. The number of benzene rings is 1.